The second-order valence-corrected chi connectivity index (χ2v) is 4.62. The molecule has 0 aliphatic heterocycles. The van der Waals surface area contributed by atoms with E-state index in [0.29, 0.717) is 12.0 Å². The highest BCUT2D eigenvalue weighted by Gasteiger charge is 2.17. The first-order valence-electron chi connectivity index (χ1n) is 6.40. The van der Waals surface area contributed by atoms with Crippen LogP contribution in [0.5, 0.6) is 0 Å². The Morgan fingerprint density at radius 1 is 1.53 bits per heavy atom. The van der Waals surface area contributed by atoms with Crippen LogP contribution in [0.1, 0.15) is 38.4 Å². The SMILES string of the molecule is CCCn1nccc1C(CC(C)COC)NC. The summed E-state index contributed by atoms with van der Waals surface area (Å²) in [6.45, 7) is 6.18. The molecule has 1 N–H and O–H groups in total. The predicted molar refractivity (Wildman–Crippen MR) is 70.0 cm³/mol. The van der Waals surface area contributed by atoms with Gasteiger partial charge in [0.25, 0.3) is 0 Å². The number of nitrogens with zero attached hydrogens (tertiary/aromatic N) is 2. The number of nitrogens with one attached hydrogen (secondary N) is 1. The molecule has 0 fully saturated rings. The van der Waals surface area contributed by atoms with Crippen LogP contribution in [-0.2, 0) is 11.3 Å². The monoisotopic (exact) mass is 239 g/mol. The Morgan fingerprint density at radius 3 is 2.88 bits per heavy atom. The second kappa shape index (κ2) is 7.45. The standard InChI is InChI=1S/C13H25N3O/c1-5-8-16-13(6-7-15-16)12(14-3)9-11(2)10-17-4/h6-7,11-12,14H,5,8-10H2,1-4H3. The first-order valence-corrected chi connectivity index (χ1v) is 6.40. The zero-order valence-corrected chi connectivity index (χ0v) is 11.4. The van der Waals surface area contributed by atoms with Crippen molar-refractivity contribution in [3.05, 3.63) is 18.0 Å². The van der Waals surface area contributed by atoms with Crippen molar-refractivity contribution in [2.45, 2.75) is 39.3 Å². The normalized spacial score (nSPS) is 14.8. The minimum Gasteiger partial charge on any atom is -0.384 e. The Labute approximate surface area is 104 Å². The number of ether oxygens (including phenoxy) is 1. The van der Waals surface area contributed by atoms with Crippen molar-refractivity contribution in [3.8, 4) is 0 Å². The summed E-state index contributed by atoms with van der Waals surface area (Å²) in [6, 6.07) is 2.46. The van der Waals surface area contributed by atoms with Gasteiger partial charge in [0.15, 0.2) is 0 Å². The number of hydrogen-bond donors (Lipinski definition) is 1. The highest BCUT2D eigenvalue weighted by atomic mass is 16.5. The molecule has 2 atom stereocenters. The lowest BCUT2D eigenvalue weighted by atomic mass is 10.00. The first kappa shape index (κ1) is 14.2. The topological polar surface area (TPSA) is 39.1 Å². The smallest absolute Gasteiger partial charge is 0.0553 e. The molecule has 0 bridgehead atoms. The average Bonchev–Trinajstić information content (AvgIpc) is 2.75. The Hall–Kier alpha value is -0.870. The van der Waals surface area contributed by atoms with Crippen molar-refractivity contribution in [1.82, 2.24) is 15.1 Å². The van der Waals surface area contributed by atoms with Gasteiger partial charge in [-0.1, -0.05) is 13.8 Å². The van der Waals surface area contributed by atoms with Crippen LogP contribution in [0, 0.1) is 5.92 Å². The molecule has 0 radical (unpaired) electrons. The molecule has 0 aliphatic carbocycles. The summed E-state index contributed by atoms with van der Waals surface area (Å²) < 4.78 is 7.29. The van der Waals surface area contributed by atoms with Gasteiger partial charge in [-0.2, -0.15) is 5.10 Å². The minimum atomic E-state index is 0.356. The van der Waals surface area contributed by atoms with E-state index in [-0.39, 0.29) is 0 Å². The fraction of sp³-hybridized carbons (Fsp3) is 0.769. The third-order valence-corrected chi connectivity index (χ3v) is 2.98. The van der Waals surface area contributed by atoms with Crippen molar-refractivity contribution in [2.75, 3.05) is 20.8 Å². The molecule has 1 aromatic rings. The molecular formula is C13H25N3O. The van der Waals surface area contributed by atoms with Crippen LogP contribution in [0.4, 0.5) is 0 Å². The van der Waals surface area contributed by atoms with Crippen LogP contribution >= 0.6 is 0 Å². The van der Waals surface area contributed by atoms with E-state index >= 15 is 0 Å². The lowest BCUT2D eigenvalue weighted by Gasteiger charge is -2.21. The van der Waals surface area contributed by atoms with Crippen LogP contribution < -0.4 is 5.32 Å². The Bertz CT molecular complexity index is 311. The van der Waals surface area contributed by atoms with E-state index in [0.717, 1.165) is 26.0 Å². The lowest BCUT2D eigenvalue weighted by molar-refractivity contribution is 0.149. The molecule has 4 heteroatoms. The third-order valence-electron chi connectivity index (χ3n) is 2.98. The van der Waals surface area contributed by atoms with Gasteiger partial charge in [0.2, 0.25) is 0 Å². The Morgan fingerprint density at radius 2 is 2.29 bits per heavy atom. The molecule has 0 saturated heterocycles. The average molecular weight is 239 g/mol. The van der Waals surface area contributed by atoms with Gasteiger partial charge >= 0.3 is 0 Å². The van der Waals surface area contributed by atoms with Gasteiger partial charge in [0.05, 0.1) is 5.69 Å². The highest BCUT2D eigenvalue weighted by Crippen LogP contribution is 2.21. The van der Waals surface area contributed by atoms with Crippen molar-refractivity contribution in [3.63, 3.8) is 0 Å². The molecule has 0 saturated carbocycles. The quantitative estimate of drug-likeness (QED) is 0.756. The van der Waals surface area contributed by atoms with E-state index in [9.17, 15) is 0 Å². The zero-order valence-electron chi connectivity index (χ0n) is 11.4. The number of rotatable bonds is 8. The second-order valence-electron chi connectivity index (χ2n) is 4.62. The molecule has 0 amide bonds. The van der Waals surface area contributed by atoms with Crippen LogP contribution in [0.15, 0.2) is 12.3 Å². The van der Waals surface area contributed by atoms with Crippen molar-refractivity contribution < 1.29 is 4.74 Å². The summed E-state index contributed by atoms with van der Waals surface area (Å²) in [5.41, 5.74) is 1.28. The van der Waals surface area contributed by atoms with Crippen LogP contribution in [-0.4, -0.2) is 30.5 Å². The van der Waals surface area contributed by atoms with E-state index in [1.165, 1.54) is 5.69 Å². The van der Waals surface area contributed by atoms with E-state index in [4.69, 9.17) is 4.74 Å². The first-order chi connectivity index (χ1) is 8.22. The molecular weight excluding hydrogens is 214 g/mol. The van der Waals surface area contributed by atoms with Gasteiger partial charge in [0, 0.05) is 32.5 Å². The van der Waals surface area contributed by atoms with Gasteiger partial charge in [-0.3, -0.25) is 4.68 Å². The maximum atomic E-state index is 5.19. The van der Waals surface area contributed by atoms with E-state index in [1.807, 2.05) is 13.2 Å². The van der Waals surface area contributed by atoms with Gasteiger partial charge in [0.1, 0.15) is 0 Å². The van der Waals surface area contributed by atoms with Crippen molar-refractivity contribution >= 4 is 0 Å². The maximum absolute atomic E-state index is 5.19. The maximum Gasteiger partial charge on any atom is 0.0553 e. The van der Waals surface area contributed by atoms with Gasteiger partial charge < -0.3 is 10.1 Å². The number of aryl methyl sites for hydroxylation is 1. The summed E-state index contributed by atoms with van der Waals surface area (Å²) in [4.78, 5) is 0. The van der Waals surface area contributed by atoms with E-state index in [1.54, 1.807) is 7.11 Å². The molecule has 17 heavy (non-hydrogen) atoms. The highest BCUT2D eigenvalue weighted by molar-refractivity contribution is 5.07. The van der Waals surface area contributed by atoms with Crippen LogP contribution in [0.2, 0.25) is 0 Å². The van der Waals surface area contributed by atoms with Gasteiger partial charge in [-0.25, -0.2) is 0 Å². The number of hydrogen-bond acceptors (Lipinski definition) is 3. The summed E-state index contributed by atoms with van der Waals surface area (Å²) in [5.74, 6) is 0.544. The predicted octanol–water partition coefficient (Wildman–Crippen LogP) is 2.23. The minimum absolute atomic E-state index is 0.356. The zero-order chi connectivity index (χ0) is 12.7. The third kappa shape index (κ3) is 4.13. The summed E-state index contributed by atoms with van der Waals surface area (Å²) in [6.07, 6.45) is 4.06. The lowest BCUT2D eigenvalue weighted by Crippen LogP contribution is -2.23. The summed E-state index contributed by atoms with van der Waals surface area (Å²) in [5, 5.41) is 7.75. The molecule has 0 aliphatic rings. The van der Waals surface area contributed by atoms with Crippen molar-refractivity contribution in [2.24, 2.45) is 5.92 Å². The summed E-state index contributed by atoms with van der Waals surface area (Å²) >= 11 is 0. The Balaban J connectivity index is 2.68. The molecule has 98 valence electrons. The van der Waals surface area contributed by atoms with Crippen LogP contribution in [0.25, 0.3) is 0 Å². The van der Waals surface area contributed by atoms with E-state index < -0.39 is 0 Å². The largest absolute Gasteiger partial charge is 0.384 e. The molecule has 0 aromatic carbocycles. The van der Waals surface area contributed by atoms with Gasteiger partial charge in [-0.15, -0.1) is 0 Å². The number of aromatic nitrogens is 2. The molecule has 0 spiro atoms. The van der Waals surface area contributed by atoms with E-state index in [2.05, 4.69) is 35.0 Å². The fourth-order valence-corrected chi connectivity index (χ4v) is 2.18. The molecule has 2 unspecified atom stereocenters. The molecule has 1 rings (SSSR count). The van der Waals surface area contributed by atoms with Gasteiger partial charge in [-0.05, 0) is 31.9 Å². The molecule has 4 nitrogen and oxygen atoms in total. The fourth-order valence-electron chi connectivity index (χ4n) is 2.18. The number of methoxy groups -OCH3 is 1. The summed E-state index contributed by atoms with van der Waals surface area (Å²) in [7, 11) is 3.76. The van der Waals surface area contributed by atoms with Crippen LogP contribution in [0.3, 0.4) is 0 Å². The van der Waals surface area contributed by atoms with Crippen molar-refractivity contribution in [1.29, 1.82) is 0 Å². The molecule has 1 heterocycles. The molecule has 1 aromatic heterocycles. The Kier molecular flexibility index (Phi) is 6.22.